The van der Waals surface area contributed by atoms with E-state index in [4.69, 9.17) is 5.11 Å². The van der Waals surface area contributed by atoms with Crippen LogP contribution < -0.4 is 5.32 Å². The molecule has 0 unspecified atom stereocenters. The third kappa shape index (κ3) is 4.78. The van der Waals surface area contributed by atoms with E-state index in [1.54, 1.807) is 0 Å². The number of hydrogen-bond donors (Lipinski definition) is 2. The zero-order chi connectivity index (χ0) is 15.3. The van der Waals surface area contributed by atoms with E-state index in [2.05, 4.69) is 5.32 Å². The van der Waals surface area contributed by atoms with E-state index >= 15 is 0 Å². The first-order chi connectivity index (χ1) is 9.32. The Morgan fingerprint density at radius 2 is 1.60 bits per heavy atom. The zero-order valence-electron chi connectivity index (χ0n) is 13.1. The summed E-state index contributed by atoms with van der Waals surface area (Å²) >= 11 is 0. The van der Waals surface area contributed by atoms with Crippen LogP contribution in [0.5, 0.6) is 0 Å². The van der Waals surface area contributed by atoms with Crippen LogP contribution in [0.2, 0.25) is 0 Å². The minimum atomic E-state index is -0.690. The Balaban J connectivity index is 2.37. The second kappa shape index (κ2) is 7.62. The molecule has 1 aliphatic carbocycles. The van der Waals surface area contributed by atoms with Gasteiger partial charge in [0.1, 0.15) is 0 Å². The van der Waals surface area contributed by atoms with E-state index in [1.807, 2.05) is 32.6 Å². The maximum absolute atomic E-state index is 12.2. The Labute approximate surface area is 121 Å². The van der Waals surface area contributed by atoms with Gasteiger partial charge in [-0.25, -0.2) is 0 Å². The molecule has 0 aliphatic heterocycles. The fraction of sp³-hybridized carbons (Fsp3) is 0.867. The molecule has 116 valence electrons. The number of amides is 1. The highest BCUT2D eigenvalue weighted by molar-refractivity contribution is 5.78. The molecule has 0 saturated heterocycles. The van der Waals surface area contributed by atoms with Gasteiger partial charge in [-0.15, -0.1) is 0 Å². The summed E-state index contributed by atoms with van der Waals surface area (Å²) in [4.78, 5) is 25.0. The van der Waals surface area contributed by atoms with Crippen molar-refractivity contribution in [3.8, 4) is 0 Å². The lowest BCUT2D eigenvalue weighted by molar-refractivity contribution is -0.143. The average Bonchev–Trinajstić information content (AvgIpc) is 2.36. The fourth-order valence-corrected chi connectivity index (χ4v) is 3.04. The number of rotatable bonds is 6. The molecule has 1 aliphatic rings. The predicted molar refractivity (Wildman–Crippen MR) is 78.5 cm³/mol. The van der Waals surface area contributed by atoms with Gasteiger partial charge in [-0.05, 0) is 53.4 Å². The second-order valence-corrected chi connectivity index (χ2v) is 6.26. The normalized spacial score (nSPS) is 23.1. The molecule has 1 fully saturated rings. The van der Waals surface area contributed by atoms with Crippen molar-refractivity contribution in [2.24, 2.45) is 5.92 Å². The third-order valence-corrected chi connectivity index (χ3v) is 4.02. The van der Waals surface area contributed by atoms with Crippen LogP contribution >= 0.6 is 0 Å². The highest BCUT2D eigenvalue weighted by Crippen LogP contribution is 2.24. The van der Waals surface area contributed by atoms with Crippen molar-refractivity contribution in [2.75, 3.05) is 6.54 Å². The van der Waals surface area contributed by atoms with Gasteiger partial charge in [0.05, 0.1) is 12.5 Å². The van der Waals surface area contributed by atoms with E-state index in [1.165, 1.54) is 0 Å². The molecule has 0 atom stereocenters. The first-order valence-corrected chi connectivity index (χ1v) is 7.60. The van der Waals surface area contributed by atoms with Gasteiger partial charge in [0.15, 0.2) is 0 Å². The largest absolute Gasteiger partial charge is 0.481 e. The van der Waals surface area contributed by atoms with Gasteiger partial charge in [-0.2, -0.15) is 0 Å². The number of carboxylic acid groups (broad SMARTS) is 1. The molecular formula is C15H28N2O3. The number of carbonyl (C=O) groups is 2. The Kier molecular flexibility index (Phi) is 6.46. The molecule has 1 amide bonds. The first-order valence-electron chi connectivity index (χ1n) is 7.60. The van der Waals surface area contributed by atoms with Gasteiger partial charge in [-0.3, -0.25) is 9.59 Å². The van der Waals surface area contributed by atoms with Gasteiger partial charge in [0, 0.05) is 18.1 Å². The van der Waals surface area contributed by atoms with Gasteiger partial charge >= 0.3 is 5.97 Å². The van der Waals surface area contributed by atoms with Crippen LogP contribution in [0.15, 0.2) is 0 Å². The molecule has 0 heterocycles. The third-order valence-electron chi connectivity index (χ3n) is 4.02. The van der Waals surface area contributed by atoms with Crippen molar-refractivity contribution in [1.82, 2.24) is 10.2 Å². The lowest BCUT2D eigenvalue weighted by Crippen LogP contribution is -2.48. The molecule has 0 aromatic carbocycles. The molecule has 1 rings (SSSR count). The van der Waals surface area contributed by atoms with Crippen molar-refractivity contribution in [3.05, 3.63) is 0 Å². The summed E-state index contributed by atoms with van der Waals surface area (Å²) in [5, 5.41) is 12.2. The van der Waals surface area contributed by atoms with Crippen molar-refractivity contribution >= 4 is 11.9 Å². The fourth-order valence-electron chi connectivity index (χ4n) is 3.04. The van der Waals surface area contributed by atoms with Crippen LogP contribution in [0.1, 0.15) is 53.4 Å². The molecule has 0 aromatic heterocycles. The van der Waals surface area contributed by atoms with Crippen molar-refractivity contribution in [2.45, 2.75) is 71.5 Å². The Morgan fingerprint density at radius 1 is 1.10 bits per heavy atom. The predicted octanol–water partition coefficient (Wildman–Crippen LogP) is 1.86. The Morgan fingerprint density at radius 3 is 2.00 bits per heavy atom. The summed E-state index contributed by atoms with van der Waals surface area (Å²) in [5.41, 5.74) is 0. The van der Waals surface area contributed by atoms with Gasteiger partial charge in [0.25, 0.3) is 0 Å². The van der Waals surface area contributed by atoms with E-state index in [0.29, 0.717) is 19.4 Å². The van der Waals surface area contributed by atoms with E-state index in [0.717, 1.165) is 12.8 Å². The Bertz CT molecular complexity index is 326. The smallest absolute Gasteiger partial charge is 0.306 e. The molecular weight excluding hydrogens is 256 g/mol. The SMILES string of the molecule is CC(C)N(C(=O)CNC1CCC(C(=O)O)CC1)C(C)C. The molecule has 0 spiro atoms. The number of carboxylic acids is 1. The minimum absolute atomic E-state index is 0.121. The summed E-state index contributed by atoms with van der Waals surface area (Å²) < 4.78 is 0. The van der Waals surface area contributed by atoms with Crippen molar-refractivity contribution < 1.29 is 14.7 Å². The van der Waals surface area contributed by atoms with Crippen LogP contribution in [0, 0.1) is 5.92 Å². The lowest BCUT2D eigenvalue weighted by Gasteiger charge is -2.32. The number of hydrogen-bond acceptors (Lipinski definition) is 3. The number of carbonyl (C=O) groups excluding carboxylic acids is 1. The number of nitrogens with one attached hydrogen (secondary N) is 1. The second-order valence-electron chi connectivity index (χ2n) is 6.26. The van der Waals surface area contributed by atoms with Gasteiger partial charge in [-0.1, -0.05) is 0 Å². The molecule has 20 heavy (non-hydrogen) atoms. The van der Waals surface area contributed by atoms with Crippen molar-refractivity contribution in [1.29, 1.82) is 0 Å². The molecule has 0 bridgehead atoms. The van der Waals surface area contributed by atoms with Crippen LogP contribution in [-0.2, 0) is 9.59 Å². The molecule has 5 heteroatoms. The van der Waals surface area contributed by atoms with Gasteiger partial charge < -0.3 is 15.3 Å². The topological polar surface area (TPSA) is 69.6 Å². The standard InChI is InChI=1S/C15H28N2O3/c1-10(2)17(11(3)4)14(18)9-16-13-7-5-12(6-8-13)15(19)20/h10-13,16H,5-9H2,1-4H3,(H,19,20). The summed E-state index contributed by atoms with van der Waals surface area (Å²) in [5.74, 6) is -0.771. The van der Waals surface area contributed by atoms with Crippen LogP contribution in [0.25, 0.3) is 0 Å². The average molecular weight is 284 g/mol. The highest BCUT2D eigenvalue weighted by atomic mass is 16.4. The Hall–Kier alpha value is -1.10. The maximum Gasteiger partial charge on any atom is 0.306 e. The molecule has 1 saturated carbocycles. The molecule has 2 N–H and O–H groups in total. The first kappa shape index (κ1) is 17.0. The zero-order valence-corrected chi connectivity index (χ0v) is 13.1. The van der Waals surface area contributed by atoms with E-state index in [-0.39, 0.29) is 30.0 Å². The molecule has 5 nitrogen and oxygen atoms in total. The summed E-state index contributed by atoms with van der Waals surface area (Å²) in [6.45, 7) is 8.44. The summed E-state index contributed by atoms with van der Waals surface area (Å²) in [6.07, 6.45) is 3.10. The highest BCUT2D eigenvalue weighted by Gasteiger charge is 2.27. The maximum atomic E-state index is 12.2. The van der Waals surface area contributed by atoms with Gasteiger partial charge in [0.2, 0.25) is 5.91 Å². The van der Waals surface area contributed by atoms with Crippen LogP contribution in [0.4, 0.5) is 0 Å². The van der Waals surface area contributed by atoms with Crippen LogP contribution in [-0.4, -0.2) is 46.6 Å². The monoisotopic (exact) mass is 284 g/mol. The molecule has 0 radical (unpaired) electrons. The summed E-state index contributed by atoms with van der Waals surface area (Å²) in [6, 6.07) is 0.676. The van der Waals surface area contributed by atoms with E-state index in [9.17, 15) is 9.59 Å². The number of aliphatic carboxylic acids is 1. The number of nitrogens with zero attached hydrogens (tertiary/aromatic N) is 1. The molecule has 0 aromatic rings. The minimum Gasteiger partial charge on any atom is -0.481 e. The van der Waals surface area contributed by atoms with Crippen molar-refractivity contribution in [3.63, 3.8) is 0 Å². The lowest BCUT2D eigenvalue weighted by atomic mass is 9.86. The summed E-state index contributed by atoms with van der Waals surface area (Å²) in [7, 11) is 0. The van der Waals surface area contributed by atoms with Crippen LogP contribution in [0.3, 0.4) is 0 Å². The quantitative estimate of drug-likeness (QED) is 0.781. The van der Waals surface area contributed by atoms with E-state index < -0.39 is 5.97 Å².